The third kappa shape index (κ3) is 2.93. The normalized spacial score (nSPS) is 10.3. The van der Waals surface area contributed by atoms with Gasteiger partial charge in [-0.1, -0.05) is 18.2 Å². The molecule has 4 nitrogen and oxygen atoms in total. The molecule has 0 aliphatic carbocycles. The molecule has 0 saturated carbocycles. The smallest absolute Gasteiger partial charge is 0.123 e. The Kier molecular flexibility index (Phi) is 3.69. The Balaban J connectivity index is 2.02. The van der Waals surface area contributed by atoms with Gasteiger partial charge in [0.05, 0.1) is 6.61 Å². The minimum absolute atomic E-state index is 0.0970. The largest absolute Gasteiger partial charge is 0.508 e. The molecule has 0 fully saturated rings. The summed E-state index contributed by atoms with van der Waals surface area (Å²) in [7, 11) is 0. The molecule has 5 N–H and O–H groups in total. The summed E-state index contributed by atoms with van der Waals surface area (Å²) in [5.41, 5.74) is 8.78. The number of rotatable bonds is 4. The molecular weight excluding hydrogens is 228 g/mol. The van der Waals surface area contributed by atoms with Crippen LogP contribution in [0.2, 0.25) is 0 Å². The van der Waals surface area contributed by atoms with E-state index in [1.54, 1.807) is 12.1 Å². The molecule has 0 radical (unpaired) electrons. The molecule has 18 heavy (non-hydrogen) atoms. The number of nitrogens with two attached hydrogens (primary N) is 1. The van der Waals surface area contributed by atoms with Crippen LogP contribution in [0, 0.1) is 0 Å². The molecule has 0 aromatic heterocycles. The topological polar surface area (TPSA) is 78.5 Å². The molecular formula is C14H16N2O2. The van der Waals surface area contributed by atoms with Crippen molar-refractivity contribution in [1.82, 2.24) is 0 Å². The van der Waals surface area contributed by atoms with Crippen molar-refractivity contribution in [1.29, 1.82) is 0 Å². The molecule has 94 valence electrons. The van der Waals surface area contributed by atoms with Gasteiger partial charge in [0, 0.05) is 29.5 Å². The third-order valence-corrected chi connectivity index (χ3v) is 2.73. The van der Waals surface area contributed by atoms with Gasteiger partial charge in [-0.3, -0.25) is 0 Å². The van der Waals surface area contributed by atoms with Gasteiger partial charge in [-0.25, -0.2) is 0 Å². The highest BCUT2D eigenvalue weighted by atomic mass is 16.3. The quantitative estimate of drug-likeness (QED) is 0.621. The number of aliphatic hydroxyl groups is 1. The molecule has 0 amide bonds. The Hall–Kier alpha value is -2.20. The highest BCUT2D eigenvalue weighted by Crippen LogP contribution is 2.22. The lowest BCUT2D eigenvalue weighted by molar-refractivity contribution is 0.275. The van der Waals surface area contributed by atoms with E-state index in [4.69, 9.17) is 10.8 Å². The zero-order chi connectivity index (χ0) is 13.0. The van der Waals surface area contributed by atoms with Crippen LogP contribution >= 0.6 is 0 Å². The van der Waals surface area contributed by atoms with E-state index < -0.39 is 0 Å². The second-order valence-corrected chi connectivity index (χ2v) is 4.10. The summed E-state index contributed by atoms with van der Waals surface area (Å²) in [5.74, 6) is 0.0970. The van der Waals surface area contributed by atoms with Crippen molar-refractivity contribution in [2.24, 2.45) is 0 Å². The van der Waals surface area contributed by atoms with Crippen molar-refractivity contribution in [2.45, 2.75) is 13.2 Å². The van der Waals surface area contributed by atoms with Crippen molar-refractivity contribution >= 4 is 11.4 Å². The molecule has 0 atom stereocenters. The van der Waals surface area contributed by atoms with Gasteiger partial charge in [-0.05, 0) is 23.8 Å². The molecule has 2 rings (SSSR count). The summed E-state index contributed by atoms with van der Waals surface area (Å²) in [4.78, 5) is 0. The van der Waals surface area contributed by atoms with Crippen LogP contribution in [-0.4, -0.2) is 10.2 Å². The van der Waals surface area contributed by atoms with E-state index in [1.165, 1.54) is 0 Å². The number of nitrogens with one attached hydrogen (secondary N) is 1. The lowest BCUT2D eigenvalue weighted by Crippen LogP contribution is -1.99. The van der Waals surface area contributed by atoms with Crippen LogP contribution in [0.25, 0.3) is 0 Å². The first-order valence-corrected chi connectivity index (χ1v) is 5.70. The second kappa shape index (κ2) is 5.42. The zero-order valence-corrected chi connectivity index (χ0v) is 9.93. The highest BCUT2D eigenvalue weighted by molar-refractivity contribution is 5.51. The van der Waals surface area contributed by atoms with Gasteiger partial charge in [0.25, 0.3) is 0 Å². The number of benzene rings is 2. The van der Waals surface area contributed by atoms with Crippen molar-refractivity contribution < 1.29 is 10.2 Å². The first kappa shape index (κ1) is 12.3. The molecule has 0 aliphatic heterocycles. The Labute approximate surface area is 106 Å². The number of hydrogen-bond donors (Lipinski definition) is 4. The van der Waals surface area contributed by atoms with Crippen LogP contribution in [0.1, 0.15) is 11.1 Å². The highest BCUT2D eigenvalue weighted by Gasteiger charge is 2.01. The minimum atomic E-state index is -0.163. The maximum Gasteiger partial charge on any atom is 0.123 e. The van der Waals surface area contributed by atoms with E-state index in [1.807, 2.05) is 30.3 Å². The maximum absolute atomic E-state index is 9.61. The zero-order valence-electron chi connectivity index (χ0n) is 9.93. The Bertz CT molecular complexity index is 524. The molecule has 0 aliphatic rings. The van der Waals surface area contributed by atoms with E-state index in [-0.39, 0.29) is 12.4 Å². The average molecular weight is 244 g/mol. The Morgan fingerprint density at radius 3 is 2.39 bits per heavy atom. The standard InChI is InChI=1S/C14H16N2O2/c15-12-4-1-10(2-5-12)8-16-13-6-3-11(9-17)14(18)7-13/h1-7,16-18H,8-9,15H2. The van der Waals surface area contributed by atoms with Crippen molar-refractivity contribution in [2.75, 3.05) is 11.1 Å². The molecule has 0 bridgehead atoms. The predicted octanol–water partition coefficient (Wildman–Crippen LogP) is 2.08. The molecule has 0 spiro atoms. The fourth-order valence-corrected chi connectivity index (χ4v) is 1.65. The number of aliphatic hydroxyl groups excluding tert-OH is 1. The monoisotopic (exact) mass is 244 g/mol. The van der Waals surface area contributed by atoms with Gasteiger partial charge >= 0.3 is 0 Å². The van der Waals surface area contributed by atoms with E-state index in [9.17, 15) is 5.11 Å². The van der Waals surface area contributed by atoms with Crippen molar-refractivity contribution in [3.05, 3.63) is 53.6 Å². The fourth-order valence-electron chi connectivity index (χ4n) is 1.65. The number of aromatic hydroxyl groups is 1. The first-order chi connectivity index (χ1) is 8.69. The second-order valence-electron chi connectivity index (χ2n) is 4.10. The van der Waals surface area contributed by atoms with Crippen LogP contribution < -0.4 is 11.1 Å². The van der Waals surface area contributed by atoms with Gasteiger partial charge in [0.15, 0.2) is 0 Å². The fraction of sp³-hybridized carbons (Fsp3) is 0.143. The maximum atomic E-state index is 9.61. The number of nitrogen functional groups attached to an aromatic ring is 1. The van der Waals surface area contributed by atoms with Gasteiger partial charge in [0.2, 0.25) is 0 Å². The summed E-state index contributed by atoms with van der Waals surface area (Å²) in [5, 5.41) is 21.7. The summed E-state index contributed by atoms with van der Waals surface area (Å²) in [6, 6.07) is 12.7. The van der Waals surface area contributed by atoms with Crippen LogP contribution in [0.3, 0.4) is 0 Å². The SMILES string of the molecule is Nc1ccc(CNc2ccc(CO)c(O)c2)cc1. The van der Waals surface area contributed by atoms with E-state index in [2.05, 4.69) is 5.32 Å². The Morgan fingerprint density at radius 2 is 1.78 bits per heavy atom. The number of hydrogen-bond acceptors (Lipinski definition) is 4. The third-order valence-electron chi connectivity index (χ3n) is 2.73. The van der Waals surface area contributed by atoms with Gasteiger partial charge < -0.3 is 21.3 Å². The van der Waals surface area contributed by atoms with Crippen molar-refractivity contribution in [3.63, 3.8) is 0 Å². The summed E-state index contributed by atoms with van der Waals surface area (Å²) in [6.45, 7) is 0.488. The minimum Gasteiger partial charge on any atom is -0.508 e. The predicted molar refractivity (Wildman–Crippen MR) is 72.2 cm³/mol. The Morgan fingerprint density at radius 1 is 1.06 bits per heavy atom. The van der Waals surface area contributed by atoms with Crippen molar-refractivity contribution in [3.8, 4) is 5.75 Å². The lowest BCUT2D eigenvalue weighted by atomic mass is 10.1. The van der Waals surface area contributed by atoms with Crippen LogP contribution in [-0.2, 0) is 13.2 Å². The average Bonchev–Trinajstić information content (AvgIpc) is 2.38. The number of anilines is 2. The molecule has 2 aromatic carbocycles. The van der Waals surface area contributed by atoms with E-state index >= 15 is 0 Å². The first-order valence-electron chi connectivity index (χ1n) is 5.70. The molecule has 0 heterocycles. The summed E-state index contributed by atoms with van der Waals surface area (Å²) < 4.78 is 0. The number of phenols is 1. The van der Waals surface area contributed by atoms with E-state index in [0.29, 0.717) is 12.1 Å². The van der Waals surface area contributed by atoms with E-state index in [0.717, 1.165) is 16.9 Å². The molecule has 0 unspecified atom stereocenters. The van der Waals surface area contributed by atoms with Gasteiger partial charge in [0.1, 0.15) is 5.75 Å². The molecule has 2 aromatic rings. The lowest BCUT2D eigenvalue weighted by Gasteiger charge is -2.09. The molecule has 0 saturated heterocycles. The summed E-state index contributed by atoms with van der Waals surface area (Å²) >= 11 is 0. The van der Waals surface area contributed by atoms with Crippen LogP contribution in [0.15, 0.2) is 42.5 Å². The van der Waals surface area contributed by atoms with Gasteiger partial charge in [-0.15, -0.1) is 0 Å². The van der Waals surface area contributed by atoms with Gasteiger partial charge in [-0.2, -0.15) is 0 Å². The summed E-state index contributed by atoms with van der Waals surface area (Å²) in [6.07, 6.45) is 0. The van der Waals surface area contributed by atoms with Crippen LogP contribution in [0.5, 0.6) is 5.75 Å². The molecule has 4 heteroatoms. The van der Waals surface area contributed by atoms with Crippen LogP contribution in [0.4, 0.5) is 11.4 Å².